The zero-order valence-electron chi connectivity index (χ0n) is 15.8. The first-order valence-electron chi connectivity index (χ1n) is 9.55. The Morgan fingerprint density at radius 2 is 1.74 bits per heavy atom. The fourth-order valence-corrected chi connectivity index (χ4v) is 6.08. The molecule has 2 aromatic carbocycles. The van der Waals surface area contributed by atoms with Crippen molar-refractivity contribution in [1.29, 1.82) is 0 Å². The molecule has 1 fully saturated rings. The number of carbonyl (C=O) groups is 1. The molecule has 0 aromatic heterocycles. The van der Waals surface area contributed by atoms with Crippen LogP contribution >= 0.6 is 0 Å². The number of hydrogen-bond acceptors (Lipinski definition) is 3. The van der Waals surface area contributed by atoms with E-state index in [0.29, 0.717) is 35.8 Å². The first kappa shape index (κ1) is 18.2. The van der Waals surface area contributed by atoms with Gasteiger partial charge in [-0.1, -0.05) is 42.8 Å². The molecule has 0 radical (unpaired) electrons. The van der Waals surface area contributed by atoms with Crippen LogP contribution in [0.3, 0.4) is 0 Å². The predicted molar refractivity (Wildman–Crippen MR) is 106 cm³/mol. The predicted octanol–water partition coefficient (Wildman–Crippen LogP) is 4.12. The maximum Gasteiger partial charge on any atom is 0.264 e. The Labute approximate surface area is 161 Å². The van der Waals surface area contributed by atoms with Crippen LogP contribution in [0.1, 0.15) is 37.3 Å². The van der Waals surface area contributed by atoms with E-state index in [4.69, 9.17) is 0 Å². The van der Waals surface area contributed by atoms with Crippen molar-refractivity contribution in [2.24, 2.45) is 11.3 Å². The zero-order chi connectivity index (χ0) is 19.2. The molecule has 1 aliphatic carbocycles. The lowest BCUT2D eigenvalue weighted by molar-refractivity contribution is -0.128. The van der Waals surface area contributed by atoms with Crippen LogP contribution in [0.5, 0.6) is 0 Å². The van der Waals surface area contributed by atoms with Crippen LogP contribution in [-0.4, -0.2) is 20.7 Å². The first-order chi connectivity index (χ1) is 12.8. The van der Waals surface area contributed by atoms with Crippen molar-refractivity contribution in [2.45, 2.75) is 44.4 Å². The quantitative estimate of drug-likeness (QED) is 0.784. The van der Waals surface area contributed by atoms with Crippen LogP contribution < -0.4 is 4.31 Å². The van der Waals surface area contributed by atoms with Gasteiger partial charge in [0.15, 0.2) is 0 Å². The molecule has 5 heteroatoms. The summed E-state index contributed by atoms with van der Waals surface area (Å²) in [4.78, 5) is 13.2. The lowest BCUT2D eigenvalue weighted by Gasteiger charge is -2.27. The van der Waals surface area contributed by atoms with E-state index in [1.807, 2.05) is 50.2 Å². The summed E-state index contributed by atoms with van der Waals surface area (Å²) in [6.07, 6.45) is 2.95. The Balaban J connectivity index is 1.79. The lowest BCUT2D eigenvalue weighted by Crippen LogP contribution is -2.35. The summed E-state index contributed by atoms with van der Waals surface area (Å²) in [5.74, 6) is 0.365. The van der Waals surface area contributed by atoms with Crippen LogP contribution in [0, 0.1) is 18.3 Å². The number of hydrogen-bond donors (Lipinski definition) is 0. The Kier molecular flexibility index (Phi) is 4.38. The highest BCUT2D eigenvalue weighted by Gasteiger charge is 2.48. The van der Waals surface area contributed by atoms with Gasteiger partial charge in [-0.2, -0.15) is 0 Å². The Bertz CT molecular complexity index is 981. The number of nitrogens with zero attached hydrogens (tertiary/aromatic N) is 1. The van der Waals surface area contributed by atoms with Crippen molar-refractivity contribution in [1.82, 2.24) is 0 Å². The van der Waals surface area contributed by atoms with Crippen LogP contribution in [0.2, 0.25) is 0 Å². The summed E-state index contributed by atoms with van der Waals surface area (Å²) in [7, 11) is -3.67. The van der Waals surface area contributed by atoms with Gasteiger partial charge in [0.2, 0.25) is 0 Å². The van der Waals surface area contributed by atoms with Gasteiger partial charge in [-0.25, -0.2) is 8.42 Å². The minimum Gasteiger partial charge on any atom is -0.299 e. The summed E-state index contributed by atoms with van der Waals surface area (Å²) in [5.41, 5.74) is 2.26. The molecule has 2 aromatic rings. The van der Waals surface area contributed by atoms with Crippen molar-refractivity contribution in [3.8, 4) is 0 Å². The molecule has 1 spiro atoms. The number of benzene rings is 2. The van der Waals surface area contributed by atoms with E-state index in [2.05, 4.69) is 0 Å². The minimum atomic E-state index is -3.67. The van der Waals surface area contributed by atoms with Crippen LogP contribution in [0.4, 0.5) is 5.69 Å². The molecular weight excluding hydrogens is 358 g/mol. The van der Waals surface area contributed by atoms with E-state index in [9.17, 15) is 13.2 Å². The molecule has 142 valence electrons. The molecule has 1 aliphatic heterocycles. The highest BCUT2D eigenvalue weighted by molar-refractivity contribution is 7.92. The summed E-state index contributed by atoms with van der Waals surface area (Å²) >= 11 is 0. The fraction of sp³-hybridized carbons (Fsp3) is 0.409. The summed E-state index contributed by atoms with van der Waals surface area (Å²) in [6, 6.07) is 14.6. The second-order valence-electron chi connectivity index (χ2n) is 8.03. The number of sulfonamides is 1. The van der Waals surface area contributed by atoms with Gasteiger partial charge >= 0.3 is 0 Å². The van der Waals surface area contributed by atoms with Gasteiger partial charge in [0, 0.05) is 17.9 Å². The van der Waals surface area contributed by atoms with E-state index in [1.165, 1.54) is 4.31 Å². The number of carbonyl (C=O) groups excluding carboxylic acids is 1. The smallest absolute Gasteiger partial charge is 0.264 e. The van der Waals surface area contributed by atoms with Crippen molar-refractivity contribution < 1.29 is 13.2 Å². The van der Waals surface area contributed by atoms with Crippen LogP contribution in [0.25, 0.3) is 0 Å². The summed E-state index contributed by atoms with van der Waals surface area (Å²) in [6.45, 7) is 4.27. The van der Waals surface area contributed by atoms with Gasteiger partial charge < -0.3 is 0 Å². The molecule has 4 rings (SSSR count). The molecule has 0 N–H and O–H groups in total. The summed E-state index contributed by atoms with van der Waals surface area (Å²) < 4.78 is 28.3. The van der Waals surface area contributed by atoms with Gasteiger partial charge in [-0.05, 0) is 56.4 Å². The van der Waals surface area contributed by atoms with Gasteiger partial charge in [-0.3, -0.25) is 9.10 Å². The van der Waals surface area contributed by atoms with E-state index in [0.717, 1.165) is 24.0 Å². The highest BCUT2D eigenvalue weighted by Crippen LogP contribution is 2.47. The Morgan fingerprint density at radius 3 is 2.41 bits per heavy atom. The number of Topliss-reactive ketones (excluding diaryl/α,β-unsaturated/α-hetero) is 1. The zero-order valence-corrected chi connectivity index (χ0v) is 16.6. The minimum absolute atomic E-state index is 0.0671. The monoisotopic (exact) mass is 383 g/mol. The van der Waals surface area contributed by atoms with Gasteiger partial charge in [-0.15, -0.1) is 0 Å². The maximum atomic E-state index is 13.4. The average molecular weight is 384 g/mol. The van der Waals surface area contributed by atoms with E-state index in [1.54, 1.807) is 12.1 Å². The van der Waals surface area contributed by atoms with Crippen molar-refractivity contribution in [2.75, 3.05) is 10.8 Å². The number of aryl methyl sites for hydroxylation is 1. The topological polar surface area (TPSA) is 54.5 Å². The van der Waals surface area contributed by atoms with Gasteiger partial charge in [0.25, 0.3) is 10.0 Å². The molecule has 2 atom stereocenters. The largest absolute Gasteiger partial charge is 0.299 e. The normalized spacial score (nSPS) is 25.5. The highest BCUT2D eigenvalue weighted by atomic mass is 32.2. The van der Waals surface area contributed by atoms with Crippen molar-refractivity contribution in [3.05, 3.63) is 59.7 Å². The molecule has 0 bridgehead atoms. The second kappa shape index (κ2) is 6.48. The molecule has 1 saturated carbocycles. The number of ketones is 1. The molecular formula is C22H25NO3S. The SMILES string of the molecule is Cc1ccc(S(=O)(=O)N2CCC3(CCC(C)C3=O)Cc3ccccc32)cc1. The fourth-order valence-electron chi connectivity index (χ4n) is 4.57. The standard InChI is InChI=1S/C22H25NO3S/c1-16-7-9-19(10-8-16)27(25,26)23-14-13-22(12-11-17(2)21(22)24)15-18-5-3-4-6-20(18)23/h3-10,17H,11-15H2,1-2H3. The number of rotatable bonds is 2. The molecule has 2 aliphatic rings. The number of fused-ring (bicyclic) bond motifs is 1. The van der Waals surface area contributed by atoms with Crippen LogP contribution in [0.15, 0.2) is 53.4 Å². The second-order valence-corrected chi connectivity index (χ2v) is 9.89. The first-order valence-corrected chi connectivity index (χ1v) is 11.0. The molecule has 4 nitrogen and oxygen atoms in total. The van der Waals surface area contributed by atoms with E-state index < -0.39 is 15.4 Å². The van der Waals surface area contributed by atoms with E-state index in [-0.39, 0.29) is 5.92 Å². The molecule has 0 saturated heterocycles. The Morgan fingerprint density at radius 1 is 1.04 bits per heavy atom. The van der Waals surface area contributed by atoms with Gasteiger partial charge in [0.05, 0.1) is 10.6 Å². The number of para-hydroxylation sites is 1. The third-order valence-electron chi connectivity index (χ3n) is 6.22. The van der Waals surface area contributed by atoms with Crippen molar-refractivity contribution in [3.63, 3.8) is 0 Å². The molecule has 0 amide bonds. The third-order valence-corrected chi connectivity index (χ3v) is 8.05. The number of anilines is 1. The van der Waals surface area contributed by atoms with E-state index >= 15 is 0 Å². The summed E-state index contributed by atoms with van der Waals surface area (Å²) in [5, 5.41) is 0. The maximum absolute atomic E-state index is 13.4. The Hall–Kier alpha value is -2.14. The lowest BCUT2D eigenvalue weighted by atomic mass is 9.76. The molecule has 27 heavy (non-hydrogen) atoms. The van der Waals surface area contributed by atoms with Crippen molar-refractivity contribution >= 4 is 21.5 Å². The molecule has 1 heterocycles. The molecule has 2 unspecified atom stereocenters. The average Bonchev–Trinajstić information content (AvgIpc) is 2.83. The third kappa shape index (κ3) is 2.98. The van der Waals surface area contributed by atoms with Crippen LogP contribution in [-0.2, 0) is 21.2 Å². The van der Waals surface area contributed by atoms with Gasteiger partial charge in [0.1, 0.15) is 5.78 Å².